The third-order valence-electron chi connectivity index (χ3n) is 4.41. The summed E-state index contributed by atoms with van der Waals surface area (Å²) in [6.45, 7) is 4.39. The van der Waals surface area contributed by atoms with Crippen LogP contribution in [0.4, 0.5) is 5.69 Å². The molecule has 32 heavy (non-hydrogen) atoms. The summed E-state index contributed by atoms with van der Waals surface area (Å²) in [5.41, 5.74) is 6.23. The van der Waals surface area contributed by atoms with Gasteiger partial charge < -0.3 is 10.1 Å². The average Bonchev–Trinajstić information content (AvgIpc) is 2.81. The van der Waals surface area contributed by atoms with Gasteiger partial charge in [0, 0.05) is 17.7 Å². The van der Waals surface area contributed by atoms with Crippen molar-refractivity contribution in [2.45, 2.75) is 39.5 Å². The van der Waals surface area contributed by atoms with Crippen LogP contribution in [0.3, 0.4) is 0 Å². The van der Waals surface area contributed by atoms with E-state index in [9.17, 15) is 14.4 Å². The fourth-order valence-corrected chi connectivity index (χ4v) is 2.80. The quantitative estimate of drug-likeness (QED) is 0.261. The average molecular weight is 457 g/mol. The standard InChI is InChI=1S/C23H28N4O4S/c1-3-5-8-15-31-19-10-7-6-9-18(19)22(30)25-23(32)27-26-21(29)16-11-13-17(14-12-16)24-20(28)4-2/h6-7,9-14H,3-5,8,15H2,1-2H3,(H,24,28)(H,26,29)(H2,25,27,30,32). The van der Waals surface area contributed by atoms with Crippen molar-refractivity contribution in [1.29, 1.82) is 0 Å². The van der Waals surface area contributed by atoms with Gasteiger partial charge in [-0.1, -0.05) is 38.8 Å². The highest BCUT2D eigenvalue weighted by atomic mass is 32.1. The van der Waals surface area contributed by atoms with E-state index in [-0.39, 0.29) is 11.0 Å². The number of nitrogens with one attached hydrogen (secondary N) is 4. The van der Waals surface area contributed by atoms with Crippen LogP contribution in [-0.2, 0) is 4.79 Å². The van der Waals surface area contributed by atoms with Crippen LogP contribution >= 0.6 is 12.2 Å². The van der Waals surface area contributed by atoms with E-state index in [0.717, 1.165) is 19.3 Å². The Morgan fingerprint density at radius 2 is 1.62 bits per heavy atom. The smallest absolute Gasteiger partial charge is 0.269 e. The Bertz CT molecular complexity index is 947. The van der Waals surface area contributed by atoms with Gasteiger partial charge in [0.2, 0.25) is 5.91 Å². The van der Waals surface area contributed by atoms with Crippen LogP contribution in [0.5, 0.6) is 5.75 Å². The van der Waals surface area contributed by atoms with Crippen LogP contribution in [0.15, 0.2) is 48.5 Å². The monoisotopic (exact) mass is 456 g/mol. The fraction of sp³-hybridized carbons (Fsp3) is 0.304. The summed E-state index contributed by atoms with van der Waals surface area (Å²) in [5, 5.41) is 5.17. The zero-order chi connectivity index (χ0) is 23.3. The Morgan fingerprint density at radius 1 is 0.906 bits per heavy atom. The minimum atomic E-state index is -0.449. The molecule has 0 aromatic heterocycles. The molecule has 4 N–H and O–H groups in total. The molecule has 3 amide bonds. The number of carbonyl (C=O) groups excluding carboxylic acids is 3. The van der Waals surface area contributed by atoms with Gasteiger partial charge in [-0.2, -0.15) is 0 Å². The second-order valence-electron chi connectivity index (χ2n) is 6.89. The molecule has 0 unspecified atom stereocenters. The molecule has 0 heterocycles. The van der Waals surface area contributed by atoms with Crippen LogP contribution in [-0.4, -0.2) is 29.4 Å². The van der Waals surface area contributed by atoms with E-state index in [1.54, 1.807) is 55.5 Å². The number of thiocarbonyl (C=S) groups is 1. The number of hydrazine groups is 1. The van der Waals surface area contributed by atoms with Crippen molar-refractivity contribution in [1.82, 2.24) is 16.2 Å². The maximum atomic E-state index is 12.6. The molecular weight excluding hydrogens is 428 g/mol. The summed E-state index contributed by atoms with van der Waals surface area (Å²) in [5.74, 6) is -0.533. The molecular formula is C23H28N4O4S. The molecule has 0 aliphatic rings. The molecule has 2 aromatic carbocycles. The highest BCUT2D eigenvalue weighted by molar-refractivity contribution is 7.80. The van der Waals surface area contributed by atoms with Crippen LogP contribution in [0.25, 0.3) is 0 Å². The van der Waals surface area contributed by atoms with E-state index in [4.69, 9.17) is 17.0 Å². The summed E-state index contributed by atoms with van der Waals surface area (Å²) < 4.78 is 5.72. The van der Waals surface area contributed by atoms with Crippen molar-refractivity contribution in [2.75, 3.05) is 11.9 Å². The van der Waals surface area contributed by atoms with Crippen molar-refractivity contribution >= 4 is 40.7 Å². The number of amides is 3. The van der Waals surface area contributed by atoms with Crippen molar-refractivity contribution < 1.29 is 19.1 Å². The molecule has 8 nitrogen and oxygen atoms in total. The maximum absolute atomic E-state index is 12.6. The number of para-hydroxylation sites is 1. The van der Waals surface area contributed by atoms with Gasteiger partial charge in [0.1, 0.15) is 5.75 Å². The summed E-state index contributed by atoms with van der Waals surface area (Å²) in [7, 11) is 0. The molecule has 9 heteroatoms. The molecule has 0 atom stereocenters. The summed E-state index contributed by atoms with van der Waals surface area (Å²) >= 11 is 5.10. The number of unbranched alkanes of at least 4 members (excludes halogenated alkanes) is 2. The van der Waals surface area contributed by atoms with E-state index < -0.39 is 11.8 Å². The van der Waals surface area contributed by atoms with Crippen LogP contribution in [0.2, 0.25) is 0 Å². The first-order valence-corrected chi connectivity index (χ1v) is 10.9. The Kier molecular flexibility index (Phi) is 10.1. The molecule has 2 aromatic rings. The van der Waals surface area contributed by atoms with Gasteiger partial charge in [0.25, 0.3) is 11.8 Å². The minimum absolute atomic E-state index is 0.0593. The molecule has 0 fully saturated rings. The van der Waals surface area contributed by atoms with Crippen LogP contribution in [0, 0.1) is 0 Å². The first kappa shape index (κ1) is 24.8. The van der Waals surface area contributed by atoms with Gasteiger partial charge in [0.05, 0.1) is 12.2 Å². The third-order valence-corrected chi connectivity index (χ3v) is 4.61. The molecule has 0 saturated carbocycles. The molecule has 0 aliphatic heterocycles. The Labute approximate surface area is 193 Å². The van der Waals surface area contributed by atoms with Crippen LogP contribution < -0.4 is 26.2 Å². The van der Waals surface area contributed by atoms with Crippen molar-refractivity contribution in [3.8, 4) is 5.75 Å². The second-order valence-corrected chi connectivity index (χ2v) is 7.30. The normalized spacial score (nSPS) is 10.1. The Hall–Kier alpha value is -3.46. The lowest BCUT2D eigenvalue weighted by atomic mass is 10.2. The topological polar surface area (TPSA) is 109 Å². The Morgan fingerprint density at radius 3 is 2.31 bits per heavy atom. The van der Waals surface area contributed by atoms with E-state index in [1.165, 1.54) is 0 Å². The molecule has 0 spiro atoms. The molecule has 170 valence electrons. The largest absolute Gasteiger partial charge is 0.493 e. The van der Waals surface area contributed by atoms with Gasteiger partial charge in [-0.3, -0.25) is 30.6 Å². The molecule has 0 saturated heterocycles. The molecule has 0 radical (unpaired) electrons. The lowest BCUT2D eigenvalue weighted by Gasteiger charge is -2.13. The van der Waals surface area contributed by atoms with Gasteiger partial charge >= 0.3 is 0 Å². The van der Waals surface area contributed by atoms with Crippen molar-refractivity contribution in [3.05, 3.63) is 59.7 Å². The minimum Gasteiger partial charge on any atom is -0.493 e. The zero-order valence-electron chi connectivity index (χ0n) is 18.2. The Balaban J connectivity index is 1.85. The van der Waals surface area contributed by atoms with E-state index in [1.807, 2.05) is 0 Å². The first-order chi connectivity index (χ1) is 15.4. The van der Waals surface area contributed by atoms with Crippen molar-refractivity contribution in [3.63, 3.8) is 0 Å². The number of hydrogen-bond donors (Lipinski definition) is 4. The highest BCUT2D eigenvalue weighted by Gasteiger charge is 2.14. The number of ether oxygens (including phenoxy) is 1. The van der Waals surface area contributed by atoms with E-state index in [0.29, 0.717) is 35.6 Å². The van der Waals surface area contributed by atoms with Crippen LogP contribution in [0.1, 0.15) is 60.2 Å². The maximum Gasteiger partial charge on any atom is 0.269 e. The van der Waals surface area contributed by atoms with Crippen molar-refractivity contribution in [2.24, 2.45) is 0 Å². The fourth-order valence-electron chi connectivity index (χ4n) is 2.66. The van der Waals surface area contributed by atoms with Gasteiger partial charge in [0.15, 0.2) is 5.11 Å². The molecule has 2 rings (SSSR count). The number of hydrogen-bond acceptors (Lipinski definition) is 5. The number of carbonyl (C=O) groups is 3. The summed E-state index contributed by atoms with van der Waals surface area (Å²) in [6.07, 6.45) is 3.41. The van der Waals surface area contributed by atoms with Gasteiger partial charge in [-0.05, 0) is 55.0 Å². The second kappa shape index (κ2) is 13.1. The van der Waals surface area contributed by atoms with Gasteiger partial charge in [-0.15, -0.1) is 0 Å². The number of anilines is 1. The number of benzene rings is 2. The summed E-state index contributed by atoms with van der Waals surface area (Å²) in [4.78, 5) is 36.2. The third kappa shape index (κ3) is 7.99. The SMILES string of the molecule is CCCCCOc1ccccc1C(=O)NC(=S)NNC(=O)c1ccc(NC(=O)CC)cc1. The molecule has 0 bridgehead atoms. The van der Waals surface area contributed by atoms with Gasteiger partial charge in [-0.25, -0.2) is 0 Å². The predicted octanol–water partition coefficient (Wildman–Crippen LogP) is 3.55. The van der Waals surface area contributed by atoms with E-state index in [2.05, 4.69) is 28.4 Å². The van der Waals surface area contributed by atoms with E-state index >= 15 is 0 Å². The first-order valence-electron chi connectivity index (χ1n) is 10.5. The zero-order valence-corrected chi connectivity index (χ0v) is 19.0. The molecule has 0 aliphatic carbocycles. The number of rotatable bonds is 9. The highest BCUT2D eigenvalue weighted by Crippen LogP contribution is 2.18. The predicted molar refractivity (Wildman–Crippen MR) is 127 cm³/mol. The summed E-state index contributed by atoms with van der Waals surface area (Å²) in [6, 6.07) is 13.3. The lowest BCUT2D eigenvalue weighted by molar-refractivity contribution is -0.115. The lowest BCUT2D eigenvalue weighted by Crippen LogP contribution is -2.48.